The molecule has 0 amide bonds. The van der Waals surface area contributed by atoms with Crippen molar-refractivity contribution in [3.63, 3.8) is 0 Å². The molecule has 2 aromatic carbocycles. The fourth-order valence-electron chi connectivity index (χ4n) is 3.02. The molecule has 5 heteroatoms. The van der Waals surface area contributed by atoms with Crippen molar-refractivity contribution in [1.29, 1.82) is 0 Å². The van der Waals surface area contributed by atoms with Crippen molar-refractivity contribution in [1.82, 2.24) is 9.80 Å². The first-order valence-corrected chi connectivity index (χ1v) is 9.74. The van der Waals surface area contributed by atoms with Crippen LogP contribution in [-0.4, -0.2) is 43.1 Å². The molecule has 1 heterocycles. The Morgan fingerprint density at radius 1 is 0.833 bits per heavy atom. The van der Waals surface area contributed by atoms with Crippen LogP contribution in [0.4, 0.5) is 0 Å². The highest BCUT2D eigenvalue weighted by molar-refractivity contribution is 9.10. The molecule has 128 valence electrons. The molecule has 2 aromatic rings. The maximum absolute atomic E-state index is 5.30. The van der Waals surface area contributed by atoms with Gasteiger partial charge in [-0.1, -0.05) is 34.1 Å². The van der Waals surface area contributed by atoms with Gasteiger partial charge in [0.15, 0.2) is 0 Å². The molecule has 0 bridgehead atoms. The van der Waals surface area contributed by atoms with Gasteiger partial charge in [-0.2, -0.15) is 0 Å². The van der Waals surface area contributed by atoms with E-state index >= 15 is 0 Å². The van der Waals surface area contributed by atoms with E-state index in [0.29, 0.717) is 0 Å². The Hall–Kier alpha value is -0.880. The molecule has 1 fully saturated rings. The second kappa shape index (κ2) is 8.48. The molecule has 3 rings (SSSR count). The highest BCUT2D eigenvalue weighted by Crippen LogP contribution is 2.26. The van der Waals surface area contributed by atoms with Crippen LogP contribution < -0.4 is 4.74 Å². The van der Waals surface area contributed by atoms with Crippen LogP contribution in [0.25, 0.3) is 0 Å². The Morgan fingerprint density at radius 2 is 1.38 bits per heavy atom. The first-order chi connectivity index (χ1) is 11.6. The van der Waals surface area contributed by atoms with Gasteiger partial charge in [-0.05, 0) is 51.3 Å². The van der Waals surface area contributed by atoms with E-state index in [4.69, 9.17) is 4.74 Å². The minimum absolute atomic E-state index is 0.887. The van der Waals surface area contributed by atoms with Crippen LogP contribution in [0.15, 0.2) is 51.4 Å². The largest absolute Gasteiger partial charge is 0.496 e. The summed E-state index contributed by atoms with van der Waals surface area (Å²) >= 11 is 7.06. The zero-order valence-corrected chi connectivity index (χ0v) is 17.0. The van der Waals surface area contributed by atoms with Crippen molar-refractivity contribution in [3.8, 4) is 5.75 Å². The zero-order valence-electron chi connectivity index (χ0n) is 13.8. The number of ether oxygens (including phenoxy) is 1. The summed E-state index contributed by atoms with van der Waals surface area (Å²) < 4.78 is 7.46. The van der Waals surface area contributed by atoms with Gasteiger partial charge in [-0.15, -0.1) is 0 Å². The maximum Gasteiger partial charge on any atom is 0.133 e. The third kappa shape index (κ3) is 4.82. The number of hydrogen-bond acceptors (Lipinski definition) is 3. The minimum Gasteiger partial charge on any atom is -0.496 e. The van der Waals surface area contributed by atoms with Gasteiger partial charge >= 0.3 is 0 Å². The van der Waals surface area contributed by atoms with Crippen LogP contribution in [0.1, 0.15) is 11.1 Å². The normalized spacial score (nSPS) is 16.3. The Morgan fingerprint density at radius 3 is 1.92 bits per heavy atom. The summed E-state index contributed by atoms with van der Waals surface area (Å²) in [5.41, 5.74) is 2.70. The molecule has 0 saturated carbocycles. The van der Waals surface area contributed by atoms with Gasteiger partial charge in [-0.25, -0.2) is 0 Å². The molecule has 0 N–H and O–H groups in total. The highest BCUT2D eigenvalue weighted by atomic mass is 79.9. The average molecular weight is 454 g/mol. The van der Waals surface area contributed by atoms with E-state index in [0.717, 1.165) is 54.0 Å². The van der Waals surface area contributed by atoms with Crippen molar-refractivity contribution >= 4 is 31.9 Å². The summed E-state index contributed by atoms with van der Waals surface area (Å²) in [4.78, 5) is 5.05. The van der Waals surface area contributed by atoms with Gasteiger partial charge in [0.05, 0.1) is 11.6 Å². The number of hydrogen-bond donors (Lipinski definition) is 0. The van der Waals surface area contributed by atoms with Crippen LogP contribution in [0.5, 0.6) is 5.75 Å². The predicted octanol–water partition coefficient (Wildman–Crippen LogP) is 4.54. The summed E-state index contributed by atoms with van der Waals surface area (Å²) in [5, 5.41) is 0. The van der Waals surface area contributed by atoms with Crippen molar-refractivity contribution < 1.29 is 4.74 Å². The van der Waals surface area contributed by atoms with Crippen molar-refractivity contribution in [3.05, 3.63) is 62.5 Å². The lowest BCUT2D eigenvalue weighted by Gasteiger charge is -2.34. The molecule has 1 aliphatic rings. The molecule has 24 heavy (non-hydrogen) atoms. The van der Waals surface area contributed by atoms with E-state index in [-0.39, 0.29) is 0 Å². The average Bonchev–Trinajstić information content (AvgIpc) is 2.59. The Balaban J connectivity index is 1.50. The number of nitrogens with zero attached hydrogens (tertiary/aromatic N) is 2. The van der Waals surface area contributed by atoms with Gasteiger partial charge in [0.25, 0.3) is 0 Å². The molecule has 0 aliphatic carbocycles. The second-order valence-corrected chi connectivity index (χ2v) is 7.92. The van der Waals surface area contributed by atoms with E-state index in [9.17, 15) is 0 Å². The first-order valence-electron chi connectivity index (χ1n) is 8.15. The molecule has 0 spiro atoms. The Bertz CT molecular complexity index is 668. The smallest absolute Gasteiger partial charge is 0.133 e. The Kier molecular flexibility index (Phi) is 6.33. The standard InChI is InChI=1S/C19H22Br2N2O/c1-24-19-7-4-16(12-18(19)21)14-23-10-8-22(9-11-23)13-15-2-5-17(20)6-3-15/h2-7,12H,8-11,13-14H2,1H3. The third-order valence-electron chi connectivity index (χ3n) is 4.41. The van der Waals surface area contributed by atoms with E-state index in [1.807, 2.05) is 6.07 Å². The molecule has 1 saturated heterocycles. The van der Waals surface area contributed by atoms with E-state index in [2.05, 4.69) is 78.1 Å². The molecule has 0 unspecified atom stereocenters. The summed E-state index contributed by atoms with van der Waals surface area (Å²) in [6.07, 6.45) is 0. The lowest BCUT2D eigenvalue weighted by molar-refractivity contribution is 0.122. The minimum atomic E-state index is 0.887. The van der Waals surface area contributed by atoms with Gasteiger partial charge in [0.2, 0.25) is 0 Å². The van der Waals surface area contributed by atoms with E-state index < -0.39 is 0 Å². The van der Waals surface area contributed by atoms with Crippen LogP contribution in [0, 0.1) is 0 Å². The predicted molar refractivity (Wildman–Crippen MR) is 105 cm³/mol. The molecule has 0 atom stereocenters. The molecule has 1 aliphatic heterocycles. The fraction of sp³-hybridized carbons (Fsp3) is 0.368. The van der Waals surface area contributed by atoms with Crippen molar-refractivity contribution in [2.45, 2.75) is 13.1 Å². The fourth-order valence-corrected chi connectivity index (χ4v) is 3.87. The summed E-state index contributed by atoms with van der Waals surface area (Å²) in [7, 11) is 1.70. The van der Waals surface area contributed by atoms with Crippen LogP contribution in [-0.2, 0) is 13.1 Å². The Labute approximate surface area is 160 Å². The van der Waals surface area contributed by atoms with Gasteiger partial charge < -0.3 is 4.74 Å². The van der Waals surface area contributed by atoms with Crippen LogP contribution in [0.2, 0.25) is 0 Å². The number of piperazine rings is 1. The summed E-state index contributed by atoms with van der Waals surface area (Å²) in [6.45, 7) is 6.49. The third-order valence-corrected chi connectivity index (χ3v) is 5.56. The molecule has 3 nitrogen and oxygen atoms in total. The van der Waals surface area contributed by atoms with Gasteiger partial charge in [-0.3, -0.25) is 9.80 Å². The van der Waals surface area contributed by atoms with Crippen LogP contribution in [0.3, 0.4) is 0 Å². The van der Waals surface area contributed by atoms with Crippen molar-refractivity contribution in [2.75, 3.05) is 33.3 Å². The first kappa shape index (κ1) is 17.9. The molecular formula is C19H22Br2N2O. The summed E-state index contributed by atoms with van der Waals surface area (Å²) in [5.74, 6) is 0.887. The number of halogens is 2. The topological polar surface area (TPSA) is 15.7 Å². The SMILES string of the molecule is COc1ccc(CN2CCN(Cc3ccc(Br)cc3)CC2)cc1Br. The quantitative estimate of drug-likeness (QED) is 0.660. The zero-order chi connectivity index (χ0) is 16.9. The number of rotatable bonds is 5. The summed E-state index contributed by atoms with van der Waals surface area (Å²) in [6, 6.07) is 15.0. The molecule has 0 radical (unpaired) electrons. The van der Waals surface area contributed by atoms with Gasteiger partial charge in [0, 0.05) is 43.7 Å². The van der Waals surface area contributed by atoms with E-state index in [1.165, 1.54) is 11.1 Å². The molecular weight excluding hydrogens is 432 g/mol. The number of methoxy groups -OCH3 is 1. The van der Waals surface area contributed by atoms with Crippen LogP contribution >= 0.6 is 31.9 Å². The number of benzene rings is 2. The van der Waals surface area contributed by atoms with Crippen molar-refractivity contribution in [2.24, 2.45) is 0 Å². The molecule has 0 aromatic heterocycles. The maximum atomic E-state index is 5.30. The second-order valence-electron chi connectivity index (χ2n) is 6.15. The lowest BCUT2D eigenvalue weighted by Crippen LogP contribution is -2.45. The highest BCUT2D eigenvalue weighted by Gasteiger charge is 2.17. The van der Waals surface area contributed by atoms with Gasteiger partial charge in [0.1, 0.15) is 5.75 Å². The van der Waals surface area contributed by atoms with E-state index in [1.54, 1.807) is 7.11 Å². The lowest BCUT2D eigenvalue weighted by atomic mass is 10.1. The monoisotopic (exact) mass is 452 g/mol.